The third kappa shape index (κ3) is 4.94. The normalized spacial score (nSPS) is 13.9. The lowest BCUT2D eigenvalue weighted by molar-refractivity contribution is -0.132. The van der Waals surface area contributed by atoms with E-state index >= 15 is 0 Å². The Morgan fingerprint density at radius 1 is 1.06 bits per heavy atom. The lowest BCUT2D eigenvalue weighted by atomic mass is 10.0. The van der Waals surface area contributed by atoms with Crippen molar-refractivity contribution in [3.05, 3.63) is 59.2 Å². The molecular weight excluding hydrogens is 430 g/mol. The number of hydrogen-bond acceptors (Lipinski definition) is 6. The smallest absolute Gasteiger partial charge is 0.265 e. The molecule has 1 heterocycles. The molecule has 1 N–H and O–H groups in total. The molecule has 1 aliphatic rings. The zero-order chi connectivity index (χ0) is 23.4. The quantitative estimate of drug-likeness (QED) is 0.411. The maximum atomic E-state index is 12.6. The molecule has 2 aromatic rings. The number of hydrogen-bond donors (Lipinski definition) is 1. The zero-order valence-electron chi connectivity index (χ0n) is 18.2. The van der Waals surface area contributed by atoms with E-state index in [-0.39, 0.29) is 23.2 Å². The maximum Gasteiger partial charge on any atom is 0.265 e. The molecule has 0 spiro atoms. The summed E-state index contributed by atoms with van der Waals surface area (Å²) in [5.41, 5.74) is 2.08. The van der Waals surface area contributed by atoms with Crippen LogP contribution in [0.5, 0.6) is 11.5 Å². The SMILES string of the molecule is COc1ccc(C=C2C(=O)N(C)C(=S)N(C)C2=O)cc1COc1ccc(NC(C)=O)cc1. The van der Waals surface area contributed by atoms with Crippen molar-refractivity contribution >= 4 is 46.8 Å². The van der Waals surface area contributed by atoms with Gasteiger partial charge in [0, 0.05) is 32.3 Å². The fourth-order valence-corrected chi connectivity index (χ4v) is 3.31. The average Bonchev–Trinajstić information content (AvgIpc) is 2.78. The van der Waals surface area contributed by atoms with Gasteiger partial charge in [-0.3, -0.25) is 24.2 Å². The molecule has 1 fully saturated rings. The van der Waals surface area contributed by atoms with Gasteiger partial charge >= 0.3 is 0 Å². The average molecular weight is 454 g/mol. The van der Waals surface area contributed by atoms with Gasteiger partial charge in [-0.25, -0.2) is 0 Å². The van der Waals surface area contributed by atoms with Crippen LogP contribution in [0.1, 0.15) is 18.1 Å². The van der Waals surface area contributed by atoms with E-state index in [4.69, 9.17) is 21.7 Å². The number of nitrogens with one attached hydrogen (secondary N) is 1. The Kier molecular flexibility index (Phi) is 6.89. The first-order valence-electron chi connectivity index (χ1n) is 9.70. The number of anilines is 1. The Bertz CT molecular complexity index is 1090. The predicted octanol–water partition coefficient (Wildman–Crippen LogP) is 2.83. The van der Waals surface area contributed by atoms with Crippen LogP contribution in [0.4, 0.5) is 5.69 Å². The van der Waals surface area contributed by atoms with Gasteiger partial charge in [0.1, 0.15) is 23.7 Å². The number of carbonyl (C=O) groups excluding carboxylic acids is 3. The Hall–Kier alpha value is -3.72. The highest BCUT2D eigenvalue weighted by atomic mass is 32.1. The van der Waals surface area contributed by atoms with Crippen molar-refractivity contribution in [2.45, 2.75) is 13.5 Å². The van der Waals surface area contributed by atoms with E-state index in [2.05, 4.69) is 5.32 Å². The lowest BCUT2D eigenvalue weighted by Crippen LogP contribution is -2.52. The topological polar surface area (TPSA) is 88.2 Å². The first-order chi connectivity index (χ1) is 15.2. The van der Waals surface area contributed by atoms with Crippen molar-refractivity contribution < 1.29 is 23.9 Å². The Balaban J connectivity index is 1.82. The van der Waals surface area contributed by atoms with Gasteiger partial charge < -0.3 is 14.8 Å². The van der Waals surface area contributed by atoms with E-state index in [1.54, 1.807) is 49.6 Å². The van der Waals surface area contributed by atoms with Crippen LogP contribution in [0.3, 0.4) is 0 Å². The van der Waals surface area contributed by atoms with E-state index in [0.717, 1.165) is 5.56 Å². The van der Waals surface area contributed by atoms with Gasteiger partial charge in [0.25, 0.3) is 11.8 Å². The molecule has 1 aliphatic heterocycles. The van der Waals surface area contributed by atoms with Gasteiger partial charge in [-0.2, -0.15) is 0 Å². The van der Waals surface area contributed by atoms with Crippen molar-refractivity contribution in [2.75, 3.05) is 26.5 Å². The first-order valence-corrected chi connectivity index (χ1v) is 10.1. The Morgan fingerprint density at radius 3 is 2.25 bits per heavy atom. The van der Waals surface area contributed by atoms with E-state index in [1.807, 2.05) is 0 Å². The van der Waals surface area contributed by atoms with Gasteiger partial charge in [0.2, 0.25) is 5.91 Å². The van der Waals surface area contributed by atoms with Crippen LogP contribution in [0.2, 0.25) is 0 Å². The molecule has 0 aromatic heterocycles. The molecule has 166 valence electrons. The van der Waals surface area contributed by atoms with Gasteiger partial charge in [0.05, 0.1) is 7.11 Å². The molecule has 2 aromatic carbocycles. The Morgan fingerprint density at radius 2 is 1.69 bits per heavy atom. The van der Waals surface area contributed by atoms with Crippen LogP contribution in [-0.2, 0) is 21.0 Å². The summed E-state index contributed by atoms with van der Waals surface area (Å²) in [5, 5.41) is 2.85. The molecule has 3 amide bonds. The van der Waals surface area contributed by atoms with Crippen LogP contribution in [0.15, 0.2) is 48.0 Å². The summed E-state index contributed by atoms with van der Waals surface area (Å²) in [6.07, 6.45) is 1.53. The van der Waals surface area contributed by atoms with Crippen molar-refractivity contribution in [3.8, 4) is 11.5 Å². The van der Waals surface area contributed by atoms with E-state index in [9.17, 15) is 14.4 Å². The standard InChI is InChI=1S/C23H23N3O5S/c1-14(27)24-17-6-8-18(9-7-17)31-13-16-11-15(5-10-20(16)30-4)12-19-21(28)25(2)23(32)26(3)22(19)29/h5-12H,13H2,1-4H3,(H,24,27). The third-order valence-corrected chi connectivity index (χ3v) is 5.38. The Labute approximate surface area is 191 Å². The molecule has 1 saturated heterocycles. The van der Waals surface area contributed by atoms with Crippen LogP contribution < -0.4 is 14.8 Å². The number of rotatable bonds is 6. The van der Waals surface area contributed by atoms with Gasteiger partial charge in [0.15, 0.2) is 5.11 Å². The molecule has 0 aliphatic carbocycles. The largest absolute Gasteiger partial charge is 0.496 e. The molecule has 9 heteroatoms. The monoisotopic (exact) mass is 453 g/mol. The summed E-state index contributed by atoms with van der Waals surface area (Å²) >= 11 is 5.12. The third-order valence-electron chi connectivity index (χ3n) is 4.83. The molecule has 0 unspecified atom stereocenters. The first kappa shape index (κ1) is 23.0. The highest BCUT2D eigenvalue weighted by Crippen LogP contribution is 2.25. The second-order valence-electron chi connectivity index (χ2n) is 7.13. The van der Waals surface area contributed by atoms with E-state index < -0.39 is 11.8 Å². The molecule has 3 rings (SSSR count). The fourth-order valence-electron chi connectivity index (χ4n) is 3.14. The minimum atomic E-state index is -0.453. The molecule has 8 nitrogen and oxygen atoms in total. The minimum absolute atomic E-state index is 0.0224. The molecule has 0 atom stereocenters. The number of methoxy groups -OCH3 is 1. The van der Waals surface area contributed by atoms with Gasteiger partial charge in [-0.05, 0) is 60.3 Å². The lowest BCUT2D eigenvalue weighted by Gasteiger charge is -2.31. The van der Waals surface area contributed by atoms with E-state index in [0.29, 0.717) is 22.7 Å². The minimum Gasteiger partial charge on any atom is -0.496 e. The highest BCUT2D eigenvalue weighted by molar-refractivity contribution is 7.80. The maximum absolute atomic E-state index is 12.6. The molecule has 0 bridgehead atoms. The fraction of sp³-hybridized carbons (Fsp3) is 0.217. The van der Waals surface area contributed by atoms with Crippen LogP contribution in [-0.4, -0.2) is 53.8 Å². The summed E-state index contributed by atoms with van der Waals surface area (Å²) in [6, 6.07) is 12.3. The number of benzene rings is 2. The molecule has 32 heavy (non-hydrogen) atoms. The number of thiocarbonyl (C=S) groups is 1. The number of nitrogens with zero attached hydrogens (tertiary/aromatic N) is 2. The van der Waals surface area contributed by atoms with Crippen LogP contribution in [0, 0.1) is 0 Å². The van der Waals surface area contributed by atoms with Crippen LogP contribution in [0.25, 0.3) is 6.08 Å². The summed E-state index contributed by atoms with van der Waals surface area (Å²) in [5.74, 6) is 0.165. The molecular formula is C23H23N3O5S. The predicted molar refractivity (Wildman–Crippen MR) is 124 cm³/mol. The highest BCUT2D eigenvalue weighted by Gasteiger charge is 2.35. The van der Waals surface area contributed by atoms with Crippen molar-refractivity contribution in [1.82, 2.24) is 9.80 Å². The van der Waals surface area contributed by atoms with Crippen molar-refractivity contribution in [1.29, 1.82) is 0 Å². The zero-order valence-corrected chi connectivity index (χ0v) is 19.0. The van der Waals surface area contributed by atoms with E-state index in [1.165, 1.54) is 36.9 Å². The summed E-state index contributed by atoms with van der Waals surface area (Å²) < 4.78 is 11.3. The summed E-state index contributed by atoms with van der Waals surface area (Å²) in [7, 11) is 4.62. The number of carbonyl (C=O) groups is 3. The summed E-state index contributed by atoms with van der Waals surface area (Å²) in [6.45, 7) is 1.64. The van der Waals surface area contributed by atoms with Gasteiger partial charge in [-0.1, -0.05) is 6.07 Å². The second kappa shape index (κ2) is 9.61. The van der Waals surface area contributed by atoms with Crippen LogP contribution >= 0.6 is 12.2 Å². The second-order valence-corrected chi connectivity index (χ2v) is 7.50. The molecule has 0 radical (unpaired) electrons. The van der Waals surface area contributed by atoms with Crippen molar-refractivity contribution in [3.63, 3.8) is 0 Å². The van der Waals surface area contributed by atoms with Crippen molar-refractivity contribution in [2.24, 2.45) is 0 Å². The number of ether oxygens (including phenoxy) is 2. The van der Waals surface area contributed by atoms with Gasteiger partial charge in [-0.15, -0.1) is 0 Å². The molecule has 0 saturated carbocycles. The number of likely N-dealkylation sites (N-methyl/N-ethyl adjacent to an activating group) is 2. The number of amides is 3. The summed E-state index contributed by atoms with van der Waals surface area (Å²) in [4.78, 5) is 38.8.